The molecule has 0 bridgehead atoms. The number of benzene rings is 1. The maximum absolute atomic E-state index is 15.1. The molecule has 1 fully saturated rings. The van der Waals surface area contributed by atoms with Crippen molar-refractivity contribution in [1.29, 1.82) is 0 Å². The molecule has 6 nitrogen and oxygen atoms in total. The summed E-state index contributed by atoms with van der Waals surface area (Å²) in [5, 5.41) is 4.81. The van der Waals surface area contributed by atoms with Crippen LogP contribution in [0.5, 0.6) is 0 Å². The topological polar surface area (TPSA) is 73.2 Å². The number of halogens is 1. The van der Waals surface area contributed by atoms with Crippen molar-refractivity contribution in [3.63, 3.8) is 0 Å². The van der Waals surface area contributed by atoms with Crippen LogP contribution in [0.2, 0.25) is 0 Å². The van der Waals surface area contributed by atoms with E-state index >= 15 is 4.39 Å². The first-order valence-electron chi connectivity index (χ1n) is 14.8. The molecule has 4 heterocycles. The fraction of sp³-hybridized carbons (Fsp3) is 0.485. The van der Waals surface area contributed by atoms with Crippen LogP contribution >= 0.6 is 0 Å². The van der Waals surface area contributed by atoms with Crippen molar-refractivity contribution in [3.8, 4) is 11.4 Å². The fourth-order valence-corrected chi connectivity index (χ4v) is 7.73. The van der Waals surface area contributed by atoms with E-state index in [9.17, 15) is 9.59 Å². The smallest absolute Gasteiger partial charge is 0.313 e. The second-order valence-electron chi connectivity index (χ2n) is 12.2. The largest absolute Gasteiger partial charge is 0.460 e. The molecule has 0 spiro atoms. The quantitative estimate of drug-likeness (QED) is 0.289. The number of fused-ring (bicyclic) bond motifs is 5. The van der Waals surface area contributed by atoms with Crippen LogP contribution < -0.4 is 10.9 Å². The lowest BCUT2D eigenvalue weighted by atomic mass is 9.71. The Morgan fingerprint density at radius 3 is 2.75 bits per heavy atom. The van der Waals surface area contributed by atoms with Crippen molar-refractivity contribution in [2.45, 2.75) is 90.8 Å². The van der Waals surface area contributed by atoms with Crippen LogP contribution in [0.15, 0.2) is 29.2 Å². The summed E-state index contributed by atoms with van der Waals surface area (Å²) in [4.78, 5) is 31.3. The van der Waals surface area contributed by atoms with E-state index in [0.29, 0.717) is 41.2 Å². The average molecular weight is 542 g/mol. The highest BCUT2D eigenvalue weighted by atomic mass is 19.1. The number of pyridine rings is 2. The van der Waals surface area contributed by atoms with E-state index in [2.05, 4.69) is 18.8 Å². The Labute approximate surface area is 233 Å². The summed E-state index contributed by atoms with van der Waals surface area (Å²) >= 11 is 0. The minimum atomic E-state index is -0.464. The van der Waals surface area contributed by atoms with Crippen molar-refractivity contribution in [3.05, 3.63) is 74.0 Å². The van der Waals surface area contributed by atoms with Crippen LogP contribution in [-0.4, -0.2) is 15.5 Å². The van der Waals surface area contributed by atoms with Gasteiger partial charge in [-0.25, -0.2) is 9.37 Å². The molecular weight excluding hydrogens is 505 g/mol. The number of ether oxygens (including phenoxy) is 1. The number of aryl methyl sites for hydroxylation is 1. The van der Waals surface area contributed by atoms with Gasteiger partial charge >= 0.3 is 5.97 Å². The molecule has 0 radical (unpaired) electrons. The summed E-state index contributed by atoms with van der Waals surface area (Å²) in [5.74, 6) is 0.268. The van der Waals surface area contributed by atoms with Gasteiger partial charge in [-0.2, -0.15) is 0 Å². The van der Waals surface area contributed by atoms with Gasteiger partial charge in [-0.05, 0) is 79.2 Å². The molecule has 1 N–H and O–H groups in total. The summed E-state index contributed by atoms with van der Waals surface area (Å²) in [7, 11) is 0. The van der Waals surface area contributed by atoms with Gasteiger partial charge in [0.05, 0.1) is 41.0 Å². The van der Waals surface area contributed by atoms with Crippen LogP contribution in [-0.2, 0) is 29.1 Å². The molecule has 208 valence electrons. The molecule has 2 aliphatic carbocycles. The second kappa shape index (κ2) is 9.28. The molecule has 7 heteroatoms. The van der Waals surface area contributed by atoms with Gasteiger partial charge in [0.2, 0.25) is 0 Å². The van der Waals surface area contributed by atoms with Crippen LogP contribution in [0.3, 0.4) is 0 Å². The number of esters is 1. The van der Waals surface area contributed by atoms with E-state index in [0.717, 1.165) is 57.8 Å². The lowest BCUT2D eigenvalue weighted by Gasteiger charge is -2.39. The monoisotopic (exact) mass is 541 g/mol. The number of hydrogen-bond acceptors (Lipinski definition) is 5. The summed E-state index contributed by atoms with van der Waals surface area (Å²) in [6.07, 6.45) is 7.01. The third kappa shape index (κ3) is 3.62. The Kier molecular flexibility index (Phi) is 5.92. The first-order chi connectivity index (χ1) is 19.3. The van der Waals surface area contributed by atoms with Gasteiger partial charge in [0.25, 0.3) is 5.56 Å². The average Bonchev–Trinajstić information content (AvgIpc) is 3.28. The first-order valence-corrected chi connectivity index (χ1v) is 14.8. The number of nitrogens with one attached hydrogen (secondary N) is 1. The van der Waals surface area contributed by atoms with Crippen molar-refractivity contribution < 1.29 is 13.9 Å². The van der Waals surface area contributed by atoms with Crippen LogP contribution in [0.4, 0.5) is 4.39 Å². The first kappa shape index (κ1) is 25.5. The lowest BCUT2D eigenvalue weighted by molar-refractivity contribution is -0.148. The highest BCUT2D eigenvalue weighted by Gasteiger charge is 2.38. The van der Waals surface area contributed by atoms with Gasteiger partial charge < -0.3 is 14.6 Å². The minimum absolute atomic E-state index is 0.00135. The summed E-state index contributed by atoms with van der Waals surface area (Å²) < 4.78 is 22.3. The van der Waals surface area contributed by atoms with Crippen LogP contribution in [0.25, 0.3) is 22.3 Å². The maximum atomic E-state index is 15.1. The highest BCUT2D eigenvalue weighted by molar-refractivity contribution is 5.93. The van der Waals surface area contributed by atoms with Crippen LogP contribution in [0.1, 0.15) is 97.7 Å². The highest BCUT2D eigenvalue weighted by Crippen LogP contribution is 2.47. The molecule has 4 aliphatic rings. The van der Waals surface area contributed by atoms with E-state index < -0.39 is 5.92 Å². The van der Waals surface area contributed by atoms with Gasteiger partial charge in [-0.3, -0.25) is 9.59 Å². The van der Waals surface area contributed by atoms with Crippen LogP contribution in [0, 0.1) is 24.6 Å². The standard InChI is InChI=1S/C33H36FN3O3/c1-5-7-18-10-19(11-18)17(4)35-26-9-8-21-16(3)25(34)13-27-29(21)30(26)23-14-37-28(31(23)36-27)12-22-20(6-2)33(39)40-15-24(22)32(37)38/h12-13,18-20,26,35H,4-11,14-15H2,1-3H3/t18?,19?,20-,26+/m1/s1. The molecule has 7 rings (SSSR count). The molecule has 2 aliphatic heterocycles. The van der Waals surface area contributed by atoms with Crippen molar-refractivity contribution in [2.24, 2.45) is 11.8 Å². The van der Waals surface area contributed by atoms with E-state index in [-0.39, 0.29) is 30.0 Å². The third-order valence-corrected chi connectivity index (χ3v) is 9.98. The zero-order valence-electron chi connectivity index (χ0n) is 23.5. The van der Waals surface area contributed by atoms with Gasteiger partial charge in [0.1, 0.15) is 12.4 Å². The fourth-order valence-electron chi connectivity index (χ4n) is 7.73. The Balaban J connectivity index is 1.37. The Morgan fingerprint density at radius 2 is 2.00 bits per heavy atom. The molecule has 2 atom stereocenters. The molecule has 2 aromatic heterocycles. The number of hydrogen-bond donors (Lipinski definition) is 1. The molecular formula is C33H36FN3O3. The van der Waals surface area contributed by atoms with E-state index in [1.165, 1.54) is 25.7 Å². The lowest BCUT2D eigenvalue weighted by Crippen LogP contribution is -2.34. The number of cyclic esters (lactones) is 1. The van der Waals surface area contributed by atoms with Gasteiger partial charge in [-0.15, -0.1) is 0 Å². The van der Waals surface area contributed by atoms with Crippen molar-refractivity contribution in [2.75, 3.05) is 0 Å². The zero-order chi connectivity index (χ0) is 27.9. The van der Waals surface area contributed by atoms with E-state index in [1.807, 2.05) is 19.9 Å². The molecule has 40 heavy (non-hydrogen) atoms. The van der Waals surface area contributed by atoms with Gasteiger partial charge in [0, 0.05) is 22.7 Å². The van der Waals surface area contributed by atoms with Crippen molar-refractivity contribution >= 4 is 16.9 Å². The normalized spacial score (nSPS) is 24.1. The molecule has 1 aromatic carbocycles. The molecule has 1 saturated carbocycles. The number of aromatic nitrogens is 2. The predicted octanol–water partition coefficient (Wildman–Crippen LogP) is 6.34. The Hall–Kier alpha value is -3.48. The number of nitrogens with zero attached hydrogens (tertiary/aromatic N) is 2. The van der Waals surface area contributed by atoms with E-state index in [4.69, 9.17) is 9.72 Å². The zero-order valence-corrected chi connectivity index (χ0v) is 23.5. The number of rotatable bonds is 6. The van der Waals surface area contributed by atoms with E-state index in [1.54, 1.807) is 10.6 Å². The predicted molar refractivity (Wildman–Crippen MR) is 153 cm³/mol. The van der Waals surface area contributed by atoms with Gasteiger partial charge in [-0.1, -0.05) is 33.3 Å². The van der Waals surface area contributed by atoms with Gasteiger partial charge in [0.15, 0.2) is 0 Å². The minimum Gasteiger partial charge on any atom is -0.460 e. The van der Waals surface area contributed by atoms with Crippen molar-refractivity contribution in [1.82, 2.24) is 14.9 Å². The molecule has 0 amide bonds. The molecule has 3 aromatic rings. The SMILES string of the molecule is C=C(N[C@H]1CCc2c(C)c(F)cc3nc4c(c1c23)Cn1c-4cc2c(c1=O)COC(=O)[C@@H]2CC)C1CC(CCC)C1. The number of carbonyl (C=O) groups is 1. The maximum Gasteiger partial charge on any atom is 0.313 e. The second-order valence-corrected chi connectivity index (χ2v) is 12.2. The number of allylic oxidation sites excluding steroid dienone is 1. The summed E-state index contributed by atoms with van der Waals surface area (Å²) in [5.41, 5.74) is 8.13. The summed E-state index contributed by atoms with van der Waals surface area (Å²) in [6.45, 7) is 10.9. The molecule has 0 unspecified atom stereocenters. The summed E-state index contributed by atoms with van der Waals surface area (Å²) in [6, 6.07) is 3.52. The number of carbonyl (C=O) groups excluding carboxylic acids is 1. The third-order valence-electron chi connectivity index (χ3n) is 9.98. The Bertz CT molecular complexity index is 1670. The molecule has 0 saturated heterocycles. The Morgan fingerprint density at radius 1 is 1.20 bits per heavy atom.